The maximum atomic E-state index is 13.1. The predicted molar refractivity (Wildman–Crippen MR) is 401 cm³/mol. The first-order valence-corrected chi connectivity index (χ1v) is 36.7. The Morgan fingerprint density at radius 3 is 0.690 bits per heavy atom. The smallest absolute Gasteiger partial charge is 0.494 e. The molecule has 32 heteroatoms. The quantitative estimate of drug-likeness (QED) is 0.00861. The fourth-order valence-corrected chi connectivity index (χ4v) is 11.1. The number of carbonyl (C=O) groups excluding carboxylic acids is 12. The highest BCUT2D eigenvalue weighted by Crippen LogP contribution is 2.34. The van der Waals surface area contributed by atoms with Crippen molar-refractivity contribution in [1.29, 1.82) is 0 Å². The van der Waals surface area contributed by atoms with Crippen molar-refractivity contribution in [2.24, 2.45) is 0 Å². The minimum Gasteiger partial charge on any atom is -0.494 e. The summed E-state index contributed by atoms with van der Waals surface area (Å²) in [6.45, 7) is 15.3. The molecule has 0 saturated carbocycles. The number of rotatable bonds is 40. The second-order valence-corrected chi connectivity index (χ2v) is 25.3. The molecule has 4 heterocycles. The molecule has 6 aromatic rings. The summed E-state index contributed by atoms with van der Waals surface area (Å²) in [7, 11) is 0. The number of ether oxygens (including phenoxy) is 20. The van der Waals surface area contributed by atoms with Gasteiger partial charge in [0.15, 0.2) is 24.4 Å². The van der Waals surface area contributed by atoms with Gasteiger partial charge in [-0.05, 0) is 197 Å². The lowest BCUT2D eigenvalue weighted by Gasteiger charge is -2.17. The van der Waals surface area contributed by atoms with Crippen LogP contribution in [-0.2, 0) is 85.5 Å². The van der Waals surface area contributed by atoms with E-state index in [1.165, 1.54) is 97.1 Å². The topological polar surface area (TPSA) is 389 Å². The van der Waals surface area contributed by atoms with Gasteiger partial charge in [0.1, 0.15) is 58.9 Å². The van der Waals surface area contributed by atoms with Crippen molar-refractivity contribution in [3.8, 4) is 34.5 Å². The van der Waals surface area contributed by atoms with Crippen LogP contribution in [0.3, 0.4) is 0 Å². The summed E-state index contributed by atoms with van der Waals surface area (Å²) in [4.78, 5) is 145. The highest BCUT2D eigenvalue weighted by molar-refractivity contribution is 5.94. The van der Waals surface area contributed by atoms with E-state index in [4.69, 9.17) is 94.7 Å². The minimum absolute atomic E-state index is 0.0198. The fraction of sp³-hybridized carbons (Fsp3) is 0.333. The summed E-state index contributed by atoms with van der Waals surface area (Å²) in [5.74, 6) is -4.14. The molecule has 4 fully saturated rings. The van der Waals surface area contributed by atoms with Crippen molar-refractivity contribution in [2.75, 3.05) is 79.3 Å². The van der Waals surface area contributed by atoms with Gasteiger partial charge in [0.2, 0.25) is 0 Å². The first-order chi connectivity index (χ1) is 56.3. The van der Waals surface area contributed by atoms with E-state index in [1.54, 1.807) is 48.5 Å². The zero-order chi connectivity index (χ0) is 82.6. The molecule has 10 rings (SSSR count). The largest absolute Gasteiger partial charge is 0.513 e. The first-order valence-electron chi connectivity index (χ1n) is 36.7. The normalized spacial score (nSPS) is 17.8. The fourth-order valence-electron chi connectivity index (χ4n) is 11.1. The van der Waals surface area contributed by atoms with Crippen LogP contribution in [-0.4, -0.2) is 200 Å². The van der Waals surface area contributed by atoms with Gasteiger partial charge in [-0.15, -0.1) is 0 Å². The van der Waals surface area contributed by atoms with Gasteiger partial charge in [-0.3, -0.25) is 0 Å². The van der Waals surface area contributed by atoms with Crippen molar-refractivity contribution >= 4 is 72.0 Å². The van der Waals surface area contributed by atoms with Crippen LogP contribution in [0.15, 0.2) is 196 Å². The highest BCUT2D eigenvalue weighted by Gasteiger charge is 2.53. The Balaban J connectivity index is 0.000000289. The molecule has 2 unspecified atom stereocenters. The third-order valence-electron chi connectivity index (χ3n) is 17.1. The molecule has 4 aliphatic rings. The molecule has 4 saturated heterocycles. The molecule has 116 heavy (non-hydrogen) atoms. The lowest BCUT2D eigenvalue weighted by molar-refractivity contribution is -0.138. The van der Waals surface area contributed by atoms with Crippen LogP contribution in [0.2, 0.25) is 0 Å². The van der Waals surface area contributed by atoms with Crippen LogP contribution in [0.4, 0.5) is 9.59 Å². The summed E-state index contributed by atoms with van der Waals surface area (Å²) in [5, 5.41) is 0. The molecule has 0 aromatic heterocycles. The van der Waals surface area contributed by atoms with E-state index in [-0.39, 0.29) is 98.1 Å². The molecule has 0 N–H and O–H groups in total. The molecule has 4 aliphatic heterocycles. The average Bonchev–Trinajstić information content (AvgIpc) is 1.65. The molecular weight excluding hydrogens is 1520 g/mol. The van der Waals surface area contributed by atoms with Crippen molar-refractivity contribution in [3.63, 3.8) is 0 Å². The molecule has 0 radical (unpaired) electrons. The zero-order valence-electron chi connectivity index (χ0n) is 62.8. The van der Waals surface area contributed by atoms with E-state index in [0.29, 0.717) is 100 Å². The van der Waals surface area contributed by atoms with Crippen molar-refractivity contribution in [2.45, 2.75) is 100 Å². The summed E-state index contributed by atoms with van der Waals surface area (Å²) in [6, 6.07) is 35.6. The number of benzene rings is 6. The molecular formula is C84H84O32. The van der Waals surface area contributed by atoms with Crippen LogP contribution >= 0.6 is 0 Å². The Hall–Kier alpha value is -13.0. The van der Waals surface area contributed by atoms with Gasteiger partial charge in [-0.1, -0.05) is 26.3 Å². The van der Waals surface area contributed by atoms with Gasteiger partial charge in [-0.2, -0.15) is 0 Å². The van der Waals surface area contributed by atoms with E-state index in [1.807, 2.05) is 0 Å². The van der Waals surface area contributed by atoms with E-state index < -0.39 is 121 Å². The monoisotopic (exact) mass is 1600 g/mol. The Morgan fingerprint density at radius 1 is 0.259 bits per heavy atom. The Labute approximate surface area is 665 Å². The lowest BCUT2D eigenvalue weighted by atomic mass is 10.1. The van der Waals surface area contributed by atoms with E-state index in [9.17, 15) is 57.5 Å². The van der Waals surface area contributed by atoms with Crippen LogP contribution in [0.5, 0.6) is 34.5 Å². The number of carbonyl (C=O) groups is 12. The van der Waals surface area contributed by atoms with Gasteiger partial charge in [0.25, 0.3) is 0 Å². The van der Waals surface area contributed by atoms with E-state index in [2.05, 4.69) is 26.3 Å². The predicted octanol–water partition coefficient (Wildman–Crippen LogP) is 10.7. The molecule has 0 bridgehead atoms. The minimum atomic E-state index is -0.945. The standard InChI is InChI=1S/C50H46O20.C34H38O12/c1-3-41(51)59-25-5-7-27-61-49(57)67-37-21-13-31(14-22-37)45(53)65-35-17-9-33(10-18-35)47(55)69-39-29-63-44-40(30-64-43(39)44)70-48(56)34-11-19-36(20-12-34)66-46(54)32-15-23-38(24-16-32)68-50(58)62-28-8-6-26-60-42(52)4-2;1-3-29(35)41-19-7-5-17-39-25-13-9-23(10-14-25)33(37)45-27-21-43-32-28(22-44-31(27)32)46-34(38)24-11-15-26(16-12-24)40-18-6-8-20-42-30(36)4-2/h3-4,9-24,39-40,43-44H,1-2,5-8,25-30H2;3-4,9-16,27-28,31-32H,1-2,5-8,17-22H2/t39-,40?,43+,44+;27-,28?,31+,32+/m00/s1. The number of hydrogen-bond donors (Lipinski definition) is 0. The molecule has 32 nitrogen and oxygen atoms in total. The first kappa shape index (κ1) is 86.9. The second kappa shape index (κ2) is 45.6. The maximum Gasteiger partial charge on any atom is 0.513 e. The molecule has 0 spiro atoms. The van der Waals surface area contributed by atoms with E-state index >= 15 is 0 Å². The summed E-state index contributed by atoms with van der Waals surface area (Å²) in [5.41, 5.74) is 1.30. The number of hydrogen-bond acceptors (Lipinski definition) is 32. The van der Waals surface area contributed by atoms with Crippen LogP contribution < -0.4 is 28.4 Å². The highest BCUT2D eigenvalue weighted by atomic mass is 16.7. The van der Waals surface area contributed by atoms with Crippen molar-refractivity contribution < 1.29 is 152 Å². The second-order valence-electron chi connectivity index (χ2n) is 25.3. The van der Waals surface area contributed by atoms with E-state index in [0.717, 1.165) is 24.3 Å². The number of unbranched alkanes of at least 4 members (excludes halogenated alkanes) is 4. The SMILES string of the molecule is C=CC(=O)OCCCCOC(=O)Oc1ccc(C(=O)Oc2ccc(C(=O)OC3CO[C@@H]4[C@@H](OC(=O)c5ccc(OC(=O)c6ccc(OC(=O)OCCCCOC(=O)C=C)cc6)cc5)CO[C@H]34)cc2)cc1.C=CC(=O)OCCCCOc1ccc(C(=O)OC2CO[C@@H]3[C@@H](OC(=O)c4ccc(OCCCCOC(=O)C=C)cc4)CO[C@H]23)cc1. The Kier molecular flexibility index (Phi) is 34.2. The lowest BCUT2D eigenvalue weighted by Crippen LogP contribution is -2.36. The van der Waals surface area contributed by atoms with Gasteiger partial charge in [0.05, 0.1) is 113 Å². The van der Waals surface area contributed by atoms with Crippen LogP contribution in [0, 0.1) is 0 Å². The summed E-state index contributed by atoms with van der Waals surface area (Å²) < 4.78 is 108. The average molecular weight is 1610 g/mol. The zero-order valence-corrected chi connectivity index (χ0v) is 62.8. The number of fused-ring (bicyclic) bond motifs is 2. The molecule has 0 amide bonds. The Morgan fingerprint density at radius 2 is 0.457 bits per heavy atom. The van der Waals surface area contributed by atoms with Gasteiger partial charge in [0, 0.05) is 24.3 Å². The Bertz CT molecular complexity index is 4090. The van der Waals surface area contributed by atoms with Crippen LogP contribution in [0.1, 0.15) is 114 Å². The van der Waals surface area contributed by atoms with Crippen LogP contribution in [0.25, 0.3) is 0 Å². The molecule has 0 aliphatic carbocycles. The maximum absolute atomic E-state index is 13.1. The van der Waals surface area contributed by atoms with Gasteiger partial charge in [-0.25, -0.2) is 57.5 Å². The summed E-state index contributed by atoms with van der Waals surface area (Å²) >= 11 is 0. The van der Waals surface area contributed by atoms with Gasteiger partial charge >= 0.3 is 72.0 Å². The third kappa shape index (κ3) is 27.7. The van der Waals surface area contributed by atoms with Crippen molar-refractivity contribution in [1.82, 2.24) is 0 Å². The third-order valence-corrected chi connectivity index (χ3v) is 17.1. The summed E-state index contributed by atoms with van der Waals surface area (Å²) in [6.07, 6.45) is 1.50. The molecule has 6 aromatic carbocycles. The molecule has 612 valence electrons. The van der Waals surface area contributed by atoms with Crippen molar-refractivity contribution in [3.05, 3.63) is 230 Å². The molecule has 8 atom stereocenters. The van der Waals surface area contributed by atoms with Gasteiger partial charge < -0.3 is 94.7 Å². The number of esters is 10.